The molecule has 1 amide bonds. The first-order chi connectivity index (χ1) is 11.2. The van der Waals surface area contributed by atoms with E-state index in [-0.39, 0.29) is 17.9 Å². The highest BCUT2D eigenvalue weighted by Crippen LogP contribution is 2.37. The van der Waals surface area contributed by atoms with Crippen molar-refractivity contribution in [1.29, 1.82) is 0 Å². The summed E-state index contributed by atoms with van der Waals surface area (Å²) < 4.78 is 0. The molecule has 23 heavy (non-hydrogen) atoms. The molecule has 0 radical (unpaired) electrons. The molecule has 0 spiro atoms. The van der Waals surface area contributed by atoms with Crippen molar-refractivity contribution in [2.75, 3.05) is 11.9 Å². The number of amides is 1. The largest absolute Gasteiger partial charge is 0.326 e. The number of piperidine rings is 1. The lowest BCUT2D eigenvalue weighted by Gasteiger charge is -2.28. The summed E-state index contributed by atoms with van der Waals surface area (Å²) in [5.74, 6) is 0.203. The van der Waals surface area contributed by atoms with E-state index in [0.717, 1.165) is 31.5 Å². The van der Waals surface area contributed by atoms with Gasteiger partial charge in [-0.15, -0.1) is 0 Å². The Morgan fingerprint density at radius 3 is 2.83 bits per heavy atom. The Morgan fingerprint density at radius 1 is 1.13 bits per heavy atom. The Morgan fingerprint density at radius 2 is 1.96 bits per heavy atom. The van der Waals surface area contributed by atoms with Gasteiger partial charge in [-0.3, -0.25) is 4.79 Å². The van der Waals surface area contributed by atoms with Crippen LogP contribution in [0.4, 0.5) is 5.69 Å². The minimum absolute atomic E-state index is 0.0641. The second kappa shape index (κ2) is 5.82. The number of fused-ring (bicyclic) bond motifs is 3. The summed E-state index contributed by atoms with van der Waals surface area (Å²) in [4.78, 5) is 12.5. The van der Waals surface area contributed by atoms with Crippen LogP contribution in [0.1, 0.15) is 30.9 Å². The lowest BCUT2D eigenvalue weighted by molar-refractivity contribution is -0.121. The summed E-state index contributed by atoms with van der Waals surface area (Å²) in [7, 11) is 0. The molecule has 1 aliphatic carbocycles. The maximum atomic E-state index is 12.5. The van der Waals surface area contributed by atoms with Gasteiger partial charge in [-0.1, -0.05) is 30.3 Å². The van der Waals surface area contributed by atoms with Gasteiger partial charge in [-0.2, -0.15) is 0 Å². The minimum atomic E-state index is 0.0641. The fraction of sp³-hybridized carbons (Fsp3) is 0.350. The van der Waals surface area contributed by atoms with Crippen LogP contribution in [-0.2, 0) is 11.2 Å². The first-order valence-corrected chi connectivity index (χ1v) is 8.48. The summed E-state index contributed by atoms with van der Waals surface area (Å²) in [5.41, 5.74) is 6.21. The van der Waals surface area contributed by atoms with Crippen LogP contribution in [0.3, 0.4) is 0 Å². The average molecular weight is 306 g/mol. The van der Waals surface area contributed by atoms with Gasteiger partial charge >= 0.3 is 0 Å². The summed E-state index contributed by atoms with van der Waals surface area (Å²) in [6.07, 6.45) is 2.99. The Bertz CT molecular complexity index is 753. The van der Waals surface area contributed by atoms with Crippen LogP contribution in [0.25, 0.3) is 11.1 Å². The van der Waals surface area contributed by atoms with E-state index in [1.807, 2.05) is 6.07 Å². The van der Waals surface area contributed by atoms with Crippen molar-refractivity contribution < 1.29 is 4.79 Å². The zero-order valence-corrected chi connectivity index (χ0v) is 13.4. The smallest absolute Gasteiger partial charge is 0.229 e. The molecule has 2 aliphatic rings. The number of carbonyl (C=O) groups excluding carboxylic acids is 1. The number of carbonyl (C=O) groups is 1. The zero-order chi connectivity index (χ0) is 15.8. The van der Waals surface area contributed by atoms with E-state index in [1.54, 1.807) is 0 Å². The molecule has 2 aromatic rings. The number of nitrogens with one attached hydrogen (secondary N) is 2. The molecular weight excluding hydrogens is 284 g/mol. The number of benzene rings is 2. The maximum absolute atomic E-state index is 12.5. The highest BCUT2D eigenvalue weighted by atomic mass is 16.1. The van der Waals surface area contributed by atoms with E-state index in [9.17, 15) is 4.79 Å². The van der Waals surface area contributed by atoms with E-state index in [1.165, 1.54) is 22.3 Å². The van der Waals surface area contributed by atoms with Crippen LogP contribution in [0.5, 0.6) is 0 Å². The third-order valence-electron chi connectivity index (χ3n) is 5.16. The number of hydrogen-bond donors (Lipinski definition) is 2. The van der Waals surface area contributed by atoms with Crippen molar-refractivity contribution in [3.63, 3.8) is 0 Å². The number of hydrogen-bond acceptors (Lipinski definition) is 2. The monoisotopic (exact) mass is 306 g/mol. The fourth-order valence-electron chi connectivity index (χ4n) is 3.86. The molecular formula is C20H22N2O. The fourth-order valence-corrected chi connectivity index (χ4v) is 3.86. The van der Waals surface area contributed by atoms with Gasteiger partial charge in [0.05, 0.1) is 5.92 Å². The van der Waals surface area contributed by atoms with Crippen LogP contribution in [0.15, 0.2) is 42.5 Å². The molecule has 0 saturated carbocycles. The predicted molar refractivity (Wildman–Crippen MR) is 93.5 cm³/mol. The van der Waals surface area contributed by atoms with E-state index >= 15 is 0 Å². The van der Waals surface area contributed by atoms with Gasteiger partial charge in [-0.25, -0.2) is 0 Å². The van der Waals surface area contributed by atoms with Crippen molar-refractivity contribution in [2.24, 2.45) is 5.92 Å². The Balaban J connectivity index is 1.53. The highest BCUT2D eigenvalue weighted by molar-refractivity contribution is 5.94. The third kappa shape index (κ3) is 2.66. The summed E-state index contributed by atoms with van der Waals surface area (Å²) in [6.45, 7) is 3.12. The molecule has 4 rings (SSSR count). The zero-order valence-electron chi connectivity index (χ0n) is 13.4. The molecule has 2 atom stereocenters. The molecule has 1 fully saturated rings. The van der Waals surface area contributed by atoms with Crippen LogP contribution in [0.2, 0.25) is 0 Å². The molecule has 2 N–H and O–H groups in total. The Kier molecular flexibility index (Phi) is 3.66. The molecule has 1 aliphatic heterocycles. The van der Waals surface area contributed by atoms with E-state index < -0.39 is 0 Å². The van der Waals surface area contributed by atoms with Crippen molar-refractivity contribution >= 4 is 11.6 Å². The number of rotatable bonds is 2. The lowest BCUT2D eigenvalue weighted by Crippen LogP contribution is -2.44. The standard InChI is InChI=1S/C20H22N2O/c1-13-17(7-4-10-21-13)20(23)22-16-8-9-19-15(12-16)11-14-5-2-3-6-18(14)19/h2-3,5-6,8-9,12-13,17,21H,4,7,10-11H2,1H3,(H,22,23). The Hall–Kier alpha value is -2.13. The second-order valence-electron chi connectivity index (χ2n) is 6.69. The van der Waals surface area contributed by atoms with E-state index in [0.29, 0.717) is 0 Å². The van der Waals surface area contributed by atoms with Gasteiger partial charge in [0.2, 0.25) is 5.91 Å². The van der Waals surface area contributed by atoms with Gasteiger partial charge in [0.15, 0.2) is 0 Å². The van der Waals surface area contributed by atoms with E-state index in [2.05, 4.69) is 54.0 Å². The third-order valence-corrected chi connectivity index (χ3v) is 5.16. The van der Waals surface area contributed by atoms with Gasteiger partial charge in [0, 0.05) is 11.7 Å². The second-order valence-corrected chi connectivity index (χ2v) is 6.69. The van der Waals surface area contributed by atoms with E-state index in [4.69, 9.17) is 0 Å². The van der Waals surface area contributed by atoms with Crippen LogP contribution in [-0.4, -0.2) is 18.5 Å². The molecule has 3 heteroatoms. The molecule has 1 heterocycles. The van der Waals surface area contributed by atoms with Gasteiger partial charge in [-0.05, 0) is 67.1 Å². The van der Waals surface area contributed by atoms with Gasteiger partial charge in [0.1, 0.15) is 0 Å². The minimum Gasteiger partial charge on any atom is -0.326 e. The quantitative estimate of drug-likeness (QED) is 0.760. The molecule has 2 aromatic carbocycles. The van der Waals surface area contributed by atoms with Crippen molar-refractivity contribution in [3.05, 3.63) is 53.6 Å². The Labute approximate surface area is 137 Å². The summed E-state index contributed by atoms with van der Waals surface area (Å²) in [6, 6.07) is 15.1. The lowest BCUT2D eigenvalue weighted by atomic mass is 9.91. The van der Waals surface area contributed by atoms with Crippen molar-refractivity contribution in [1.82, 2.24) is 5.32 Å². The topological polar surface area (TPSA) is 41.1 Å². The van der Waals surface area contributed by atoms with Gasteiger partial charge < -0.3 is 10.6 Å². The summed E-state index contributed by atoms with van der Waals surface area (Å²) >= 11 is 0. The number of anilines is 1. The van der Waals surface area contributed by atoms with Crippen molar-refractivity contribution in [3.8, 4) is 11.1 Å². The average Bonchev–Trinajstić information content (AvgIpc) is 2.92. The van der Waals surface area contributed by atoms with Crippen molar-refractivity contribution in [2.45, 2.75) is 32.2 Å². The van der Waals surface area contributed by atoms with Crippen LogP contribution >= 0.6 is 0 Å². The maximum Gasteiger partial charge on any atom is 0.229 e. The molecule has 2 unspecified atom stereocenters. The van der Waals surface area contributed by atoms with Gasteiger partial charge in [0.25, 0.3) is 0 Å². The molecule has 0 bridgehead atoms. The first-order valence-electron chi connectivity index (χ1n) is 8.48. The summed E-state index contributed by atoms with van der Waals surface area (Å²) in [5, 5.41) is 6.51. The highest BCUT2D eigenvalue weighted by Gasteiger charge is 2.27. The van der Waals surface area contributed by atoms with Crippen LogP contribution < -0.4 is 10.6 Å². The van der Waals surface area contributed by atoms with Crippen LogP contribution in [0, 0.1) is 5.92 Å². The molecule has 118 valence electrons. The molecule has 1 saturated heterocycles. The molecule has 3 nitrogen and oxygen atoms in total. The normalized spacial score (nSPS) is 22.3. The SMILES string of the molecule is CC1NCCCC1C(=O)Nc1ccc2c(c1)Cc1ccccc1-2. The molecule has 0 aromatic heterocycles. The predicted octanol–water partition coefficient (Wildman–Crippen LogP) is 3.58. The first kappa shape index (κ1) is 14.5.